The van der Waals surface area contributed by atoms with E-state index in [9.17, 15) is 4.39 Å². The number of halogens is 1. The number of nitriles is 1. The molecule has 0 atom stereocenters. The minimum atomic E-state index is -0.318. The van der Waals surface area contributed by atoms with Crippen molar-refractivity contribution >= 4 is 0 Å². The van der Waals surface area contributed by atoms with Gasteiger partial charge in [0.05, 0.1) is 18.7 Å². The first kappa shape index (κ1) is 15.0. The molecule has 0 amide bonds. The second-order valence-corrected chi connectivity index (χ2v) is 4.93. The van der Waals surface area contributed by atoms with Gasteiger partial charge in [-0.2, -0.15) is 5.26 Å². The summed E-state index contributed by atoms with van der Waals surface area (Å²) < 4.78 is 18.4. The number of methoxy groups -OCH3 is 1. The topological polar surface area (TPSA) is 36.3 Å². The molecule has 0 spiro atoms. The molecule has 0 saturated heterocycles. The smallest absolute Gasteiger partial charge is 0.123 e. The van der Waals surface area contributed by atoms with Gasteiger partial charge < -0.3 is 4.74 Å². The van der Waals surface area contributed by atoms with E-state index in [0.717, 1.165) is 11.3 Å². The van der Waals surface area contributed by atoms with Gasteiger partial charge in [-0.25, -0.2) is 4.39 Å². The van der Waals surface area contributed by atoms with Gasteiger partial charge in [-0.15, -0.1) is 0 Å². The molecule has 108 valence electrons. The third kappa shape index (κ3) is 4.04. The first-order chi connectivity index (χ1) is 10.1. The molecule has 0 aliphatic rings. The van der Waals surface area contributed by atoms with Gasteiger partial charge in [0.25, 0.3) is 0 Å². The summed E-state index contributed by atoms with van der Waals surface area (Å²) in [7, 11) is 3.57. The third-order valence-electron chi connectivity index (χ3n) is 3.24. The molecule has 4 heteroatoms. The minimum absolute atomic E-state index is 0.318. The van der Waals surface area contributed by atoms with E-state index in [0.29, 0.717) is 24.2 Å². The Balaban J connectivity index is 2.06. The van der Waals surface area contributed by atoms with Gasteiger partial charge in [-0.1, -0.05) is 12.1 Å². The van der Waals surface area contributed by atoms with Crippen molar-refractivity contribution in [3.8, 4) is 11.8 Å². The lowest BCUT2D eigenvalue weighted by Gasteiger charge is -2.17. The lowest BCUT2D eigenvalue weighted by molar-refractivity contribution is 0.318. The van der Waals surface area contributed by atoms with Crippen LogP contribution in [-0.2, 0) is 13.1 Å². The van der Waals surface area contributed by atoms with Crippen LogP contribution in [0.15, 0.2) is 42.5 Å². The minimum Gasteiger partial charge on any atom is -0.497 e. The lowest BCUT2D eigenvalue weighted by atomic mass is 10.1. The molecule has 0 heterocycles. The molecule has 2 aromatic rings. The zero-order valence-electron chi connectivity index (χ0n) is 12.1. The van der Waals surface area contributed by atoms with Crippen molar-refractivity contribution in [1.29, 1.82) is 5.26 Å². The maximum Gasteiger partial charge on any atom is 0.123 e. The number of rotatable bonds is 5. The Morgan fingerprint density at radius 3 is 2.48 bits per heavy atom. The fourth-order valence-electron chi connectivity index (χ4n) is 2.19. The highest BCUT2D eigenvalue weighted by molar-refractivity contribution is 5.37. The first-order valence-electron chi connectivity index (χ1n) is 6.62. The zero-order chi connectivity index (χ0) is 15.2. The van der Waals surface area contributed by atoms with Crippen LogP contribution in [0.2, 0.25) is 0 Å². The standard InChI is InChI=1S/C17H17FN2O/c1-20(11-13-3-7-17(21-2)8-4-13)12-15-9-16(18)6-5-14(15)10-19/h3-9H,11-12H2,1-2H3. The Morgan fingerprint density at radius 2 is 1.86 bits per heavy atom. The van der Waals surface area contributed by atoms with E-state index < -0.39 is 0 Å². The Labute approximate surface area is 124 Å². The van der Waals surface area contributed by atoms with Gasteiger partial charge in [0, 0.05) is 13.1 Å². The second-order valence-electron chi connectivity index (χ2n) is 4.93. The fraction of sp³-hybridized carbons (Fsp3) is 0.235. The summed E-state index contributed by atoms with van der Waals surface area (Å²) in [6, 6.07) is 14.1. The molecular formula is C17H17FN2O. The second kappa shape index (κ2) is 6.87. The molecule has 2 aromatic carbocycles. The monoisotopic (exact) mass is 284 g/mol. The van der Waals surface area contributed by atoms with E-state index in [1.807, 2.05) is 36.2 Å². The maximum absolute atomic E-state index is 13.3. The normalized spacial score (nSPS) is 10.4. The number of benzene rings is 2. The van der Waals surface area contributed by atoms with Crippen molar-refractivity contribution < 1.29 is 9.13 Å². The molecule has 0 saturated carbocycles. The summed E-state index contributed by atoms with van der Waals surface area (Å²) >= 11 is 0. The van der Waals surface area contributed by atoms with E-state index in [2.05, 4.69) is 6.07 Å². The molecule has 0 fully saturated rings. The van der Waals surface area contributed by atoms with Gasteiger partial charge in [0.1, 0.15) is 11.6 Å². The number of nitrogens with zero attached hydrogens (tertiary/aromatic N) is 2. The third-order valence-corrected chi connectivity index (χ3v) is 3.24. The molecule has 3 nitrogen and oxygen atoms in total. The van der Waals surface area contributed by atoms with Crippen LogP contribution in [0.25, 0.3) is 0 Å². The predicted octanol–water partition coefficient (Wildman–Crippen LogP) is 3.34. The molecule has 21 heavy (non-hydrogen) atoms. The zero-order valence-corrected chi connectivity index (χ0v) is 12.1. The van der Waals surface area contributed by atoms with Crippen molar-refractivity contribution in [3.05, 3.63) is 65.0 Å². The Bertz CT molecular complexity index is 647. The molecule has 0 aliphatic heterocycles. The fourth-order valence-corrected chi connectivity index (χ4v) is 2.19. The van der Waals surface area contributed by atoms with Gasteiger partial charge in [0.2, 0.25) is 0 Å². The van der Waals surface area contributed by atoms with Gasteiger partial charge in [-0.05, 0) is 48.5 Å². The van der Waals surface area contributed by atoms with E-state index in [1.165, 1.54) is 18.2 Å². The Hall–Kier alpha value is -2.38. The largest absolute Gasteiger partial charge is 0.497 e. The first-order valence-corrected chi connectivity index (χ1v) is 6.62. The quantitative estimate of drug-likeness (QED) is 0.845. The highest BCUT2D eigenvalue weighted by atomic mass is 19.1. The van der Waals surface area contributed by atoms with Crippen LogP contribution in [0.4, 0.5) is 4.39 Å². The molecule has 0 radical (unpaired) electrons. The van der Waals surface area contributed by atoms with E-state index >= 15 is 0 Å². The summed E-state index contributed by atoms with van der Waals surface area (Å²) in [5.41, 5.74) is 2.35. The maximum atomic E-state index is 13.3. The summed E-state index contributed by atoms with van der Waals surface area (Å²) in [4.78, 5) is 2.04. The summed E-state index contributed by atoms with van der Waals surface area (Å²) in [5, 5.41) is 9.06. The molecule has 2 rings (SSSR count). The summed E-state index contributed by atoms with van der Waals surface area (Å²) in [6.45, 7) is 1.23. The van der Waals surface area contributed by atoms with Crippen LogP contribution in [0.5, 0.6) is 5.75 Å². The lowest BCUT2D eigenvalue weighted by Crippen LogP contribution is -2.18. The summed E-state index contributed by atoms with van der Waals surface area (Å²) in [5.74, 6) is 0.500. The highest BCUT2D eigenvalue weighted by Crippen LogP contribution is 2.16. The van der Waals surface area contributed by atoms with Crippen molar-refractivity contribution in [2.75, 3.05) is 14.2 Å². The number of ether oxygens (including phenoxy) is 1. The van der Waals surface area contributed by atoms with E-state index in [1.54, 1.807) is 7.11 Å². The average molecular weight is 284 g/mol. The molecule has 0 aliphatic carbocycles. The van der Waals surface area contributed by atoms with Crippen LogP contribution in [-0.4, -0.2) is 19.1 Å². The average Bonchev–Trinajstić information content (AvgIpc) is 2.48. The molecule has 0 N–H and O–H groups in total. The van der Waals surface area contributed by atoms with Gasteiger partial charge in [0.15, 0.2) is 0 Å². The van der Waals surface area contributed by atoms with Crippen molar-refractivity contribution in [3.63, 3.8) is 0 Å². The number of hydrogen-bond donors (Lipinski definition) is 0. The van der Waals surface area contributed by atoms with Crippen LogP contribution >= 0.6 is 0 Å². The van der Waals surface area contributed by atoms with Crippen molar-refractivity contribution in [2.24, 2.45) is 0 Å². The van der Waals surface area contributed by atoms with Crippen molar-refractivity contribution in [2.45, 2.75) is 13.1 Å². The Morgan fingerprint density at radius 1 is 1.14 bits per heavy atom. The van der Waals surface area contributed by atoms with E-state index in [4.69, 9.17) is 10.00 Å². The van der Waals surface area contributed by atoms with Crippen molar-refractivity contribution in [1.82, 2.24) is 4.90 Å². The van der Waals surface area contributed by atoms with Crippen LogP contribution in [0.3, 0.4) is 0 Å². The molecule has 0 bridgehead atoms. The van der Waals surface area contributed by atoms with Crippen LogP contribution in [0, 0.1) is 17.1 Å². The highest BCUT2D eigenvalue weighted by Gasteiger charge is 2.08. The molecule has 0 aromatic heterocycles. The predicted molar refractivity (Wildman–Crippen MR) is 79.3 cm³/mol. The van der Waals surface area contributed by atoms with Crippen LogP contribution < -0.4 is 4.74 Å². The Kier molecular flexibility index (Phi) is 4.91. The molecular weight excluding hydrogens is 267 g/mol. The number of hydrogen-bond acceptors (Lipinski definition) is 3. The van der Waals surface area contributed by atoms with Crippen LogP contribution in [0.1, 0.15) is 16.7 Å². The van der Waals surface area contributed by atoms with Gasteiger partial charge in [-0.3, -0.25) is 4.90 Å². The summed E-state index contributed by atoms with van der Waals surface area (Å²) in [6.07, 6.45) is 0. The van der Waals surface area contributed by atoms with Gasteiger partial charge >= 0.3 is 0 Å². The molecule has 0 unspecified atom stereocenters. The van der Waals surface area contributed by atoms with E-state index in [-0.39, 0.29) is 5.82 Å². The SMILES string of the molecule is COc1ccc(CN(C)Cc2cc(F)ccc2C#N)cc1.